The summed E-state index contributed by atoms with van der Waals surface area (Å²) in [5.74, 6) is 2.45. The summed E-state index contributed by atoms with van der Waals surface area (Å²) in [4.78, 5) is 14.3. The van der Waals surface area contributed by atoms with Crippen molar-refractivity contribution in [3.05, 3.63) is 82.2 Å². The molecule has 37 heavy (non-hydrogen) atoms. The zero-order valence-corrected chi connectivity index (χ0v) is 22.7. The first-order chi connectivity index (χ1) is 17.8. The van der Waals surface area contributed by atoms with Crippen molar-refractivity contribution in [3.63, 3.8) is 0 Å². The van der Waals surface area contributed by atoms with Crippen LogP contribution in [0.3, 0.4) is 0 Å². The third kappa shape index (κ3) is 5.71. The number of halogens is 1. The average Bonchev–Trinajstić information content (AvgIpc) is 3.60. The Labute approximate surface area is 224 Å². The van der Waals surface area contributed by atoms with Gasteiger partial charge in [0, 0.05) is 0 Å². The van der Waals surface area contributed by atoms with Crippen LogP contribution in [0.2, 0.25) is 0 Å². The monoisotopic (exact) mass is 617 g/mol. The molecule has 0 radical (unpaired) electrons. The predicted molar refractivity (Wildman–Crippen MR) is 130 cm³/mol. The van der Waals surface area contributed by atoms with Crippen molar-refractivity contribution in [3.8, 4) is 28.8 Å². The van der Waals surface area contributed by atoms with Gasteiger partial charge in [-0.3, -0.25) is 0 Å². The van der Waals surface area contributed by atoms with E-state index in [1.807, 2.05) is 49.4 Å². The molecule has 0 N–H and O–H groups in total. The van der Waals surface area contributed by atoms with Gasteiger partial charge in [-0.25, -0.2) is 0 Å². The van der Waals surface area contributed by atoms with Crippen LogP contribution in [-0.4, -0.2) is 23.2 Å². The fraction of sp³-hybridized carbons (Fsp3) is 0.308. The molecule has 2 atom stereocenters. The van der Waals surface area contributed by atoms with E-state index in [4.69, 9.17) is 17.1 Å². The van der Waals surface area contributed by atoms with Gasteiger partial charge in [-0.2, -0.15) is 0 Å². The molecule has 0 saturated carbocycles. The van der Waals surface area contributed by atoms with Crippen LogP contribution in [0.1, 0.15) is 44.4 Å². The molecule has 2 aromatic heterocycles. The standard InChI is InChI=1S/C26H26IN4O6/c1-4-17(2)18-5-9-20(10-6-18)34-15-22-13-23(29-37-22)19-7-11-21(12-8-19)36-27-26(3)16-30-14-24(31(32)33)28-25(30)35-26/h5-14,17H,4,15-16H2,1-3H3/q-1/t17?,26-/m1/s1. The molecule has 0 amide bonds. The van der Waals surface area contributed by atoms with Crippen LogP contribution in [0.4, 0.5) is 5.82 Å². The molecule has 4 aromatic rings. The van der Waals surface area contributed by atoms with Crippen molar-refractivity contribution in [2.75, 3.05) is 0 Å². The van der Waals surface area contributed by atoms with Crippen LogP contribution >= 0.6 is 0 Å². The van der Waals surface area contributed by atoms with E-state index < -0.39 is 30.2 Å². The van der Waals surface area contributed by atoms with Crippen molar-refractivity contribution in [2.24, 2.45) is 0 Å². The molecular formula is C26H26IN4O6-. The molecule has 0 bridgehead atoms. The van der Waals surface area contributed by atoms with Gasteiger partial charge < -0.3 is 0 Å². The van der Waals surface area contributed by atoms with E-state index in [1.54, 1.807) is 4.57 Å². The Balaban J connectivity index is 1.13. The summed E-state index contributed by atoms with van der Waals surface area (Å²) in [6, 6.07) is 17.9. The van der Waals surface area contributed by atoms with Crippen molar-refractivity contribution in [1.29, 1.82) is 0 Å². The number of nitrogens with zero attached hydrogens (tertiary/aromatic N) is 4. The minimum atomic E-state index is -0.888. The van der Waals surface area contributed by atoms with Gasteiger partial charge in [0.2, 0.25) is 0 Å². The number of hydrogen-bond donors (Lipinski definition) is 0. The van der Waals surface area contributed by atoms with E-state index in [1.165, 1.54) is 11.8 Å². The molecule has 10 nitrogen and oxygen atoms in total. The summed E-state index contributed by atoms with van der Waals surface area (Å²) in [6.45, 7) is 7.07. The summed E-state index contributed by atoms with van der Waals surface area (Å²) >= 11 is -0.888. The minimum absolute atomic E-state index is 0.218. The SMILES string of the molecule is CCC(C)c1ccc(OCc2cc(-c3ccc(O[I-][C@@]4(C)Cn5cc([N+](=O)[O-])nc5O4)cc3)no2)cc1. The predicted octanol–water partition coefficient (Wildman–Crippen LogP) is 2.73. The first-order valence-electron chi connectivity index (χ1n) is 11.8. The summed E-state index contributed by atoms with van der Waals surface area (Å²) in [6.07, 6.45) is 2.49. The number of aromatic nitrogens is 3. The van der Waals surface area contributed by atoms with Crippen LogP contribution < -0.4 is 34.2 Å². The summed E-state index contributed by atoms with van der Waals surface area (Å²) in [5, 5.41) is 15.0. The second kappa shape index (κ2) is 10.4. The van der Waals surface area contributed by atoms with Gasteiger partial charge in [0.1, 0.15) is 0 Å². The van der Waals surface area contributed by atoms with Gasteiger partial charge in [-0.15, -0.1) is 0 Å². The number of rotatable bonds is 10. The zero-order chi connectivity index (χ0) is 26.0. The second-order valence-electron chi connectivity index (χ2n) is 8.99. The quantitative estimate of drug-likeness (QED) is 0.116. The van der Waals surface area contributed by atoms with Crippen molar-refractivity contribution < 1.29 is 43.6 Å². The fourth-order valence-electron chi connectivity index (χ4n) is 3.84. The zero-order valence-electron chi connectivity index (χ0n) is 20.6. The van der Waals surface area contributed by atoms with E-state index in [9.17, 15) is 10.1 Å². The molecule has 0 spiro atoms. The molecule has 2 aromatic carbocycles. The van der Waals surface area contributed by atoms with E-state index in [2.05, 4.69) is 36.1 Å². The number of nitro groups is 1. The maximum absolute atomic E-state index is 10.9. The summed E-state index contributed by atoms with van der Waals surface area (Å²) in [5.41, 5.74) is 2.91. The molecule has 1 aliphatic rings. The van der Waals surface area contributed by atoms with E-state index >= 15 is 0 Å². The van der Waals surface area contributed by atoms with Crippen LogP contribution in [-0.2, 0) is 13.2 Å². The van der Waals surface area contributed by atoms with Gasteiger partial charge in [-0.05, 0) is 17.9 Å². The Kier molecular flexibility index (Phi) is 7.04. The molecule has 11 heteroatoms. The van der Waals surface area contributed by atoms with Crippen LogP contribution in [0, 0.1) is 10.1 Å². The van der Waals surface area contributed by atoms with Crippen LogP contribution in [0.15, 0.2) is 65.3 Å². The third-order valence-corrected chi connectivity index (χ3v) is 8.34. The third-order valence-electron chi connectivity index (χ3n) is 6.11. The molecule has 1 unspecified atom stereocenters. The Hall–Kier alpha value is -3.61. The van der Waals surface area contributed by atoms with Crippen molar-refractivity contribution in [1.82, 2.24) is 14.7 Å². The molecule has 0 saturated heterocycles. The maximum atomic E-state index is 10.9. The number of benzene rings is 2. The van der Waals surface area contributed by atoms with Gasteiger partial charge in [-0.1, -0.05) is 26.0 Å². The molecular weight excluding hydrogens is 591 g/mol. The number of imidazole rings is 1. The summed E-state index contributed by atoms with van der Waals surface area (Å²) < 4.78 is 24.3. The second-order valence-corrected chi connectivity index (χ2v) is 12.2. The molecule has 1 aliphatic heterocycles. The molecule has 3 heterocycles. The van der Waals surface area contributed by atoms with Gasteiger partial charge in [0.15, 0.2) is 0 Å². The van der Waals surface area contributed by atoms with E-state index in [0.29, 0.717) is 36.3 Å². The Morgan fingerprint density at radius 3 is 2.59 bits per heavy atom. The first-order valence-corrected chi connectivity index (χ1v) is 13.8. The van der Waals surface area contributed by atoms with Gasteiger partial charge in [0.25, 0.3) is 0 Å². The Morgan fingerprint density at radius 1 is 1.19 bits per heavy atom. The first kappa shape index (κ1) is 25.1. The Morgan fingerprint density at radius 2 is 1.92 bits per heavy atom. The van der Waals surface area contributed by atoms with Crippen LogP contribution in [0.25, 0.3) is 11.3 Å². The number of ether oxygens (including phenoxy) is 2. The molecule has 194 valence electrons. The smallest absolute Gasteiger partial charge is 0.0551 e. The molecule has 0 fully saturated rings. The average molecular weight is 617 g/mol. The van der Waals surface area contributed by atoms with Gasteiger partial charge in [0.05, 0.1) is 0 Å². The van der Waals surface area contributed by atoms with Crippen LogP contribution in [0.5, 0.6) is 17.5 Å². The van der Waals surface area contributed by atoms with E-state index in [-0.39, 0.29) is 11.8 Å². The topological polar surface area (TPSA) is 115 Å². The normalized spacial score (nSPS) is 17.3. The number of hydrogen-bond acceptors (Lipinski definition) is 8. The molecule has 0 aliphatic carbocycles. The van der Waals surface area contributed by atoms with Gasteiger partial charge >= 0.3 is 181 Å². The molecule has 5 rings (SSSR count). The summed E-state index contributed by atoms with van der Waals surface area (Å²) in [7, 11) is 0. The van der Waals surface area contributed by atoms with Crippen molar-refractivity contribution >= 4 is 5.82 Å². The fourth-order valence-corrected chi connectivity index (χ4v) is 5.65. The Bertz CT molecular complexity index is 1360. The number of fused-ring (bicyclic) bond motifs is 1. The minimum Gasteiger partial charge on any atom is -0.0551 e. The van der Waals surface area contributed by atoms with E-state index in [0.717, 1.165) is 17.7 Å². The van der Waals surface area contributed by atoms with Crippen molar-refractivity contribution in [2.45, 2.75) is 49.9 Å². The number of alkyl halides is 1.